The summed E-state index contributed by atoms with van der Waals surface area (Å²) < 4.78 is 16.8. The summed E-state index contributed by atoms with van der Waals surface area (Å²) in [7, 11) is 0. The van der Waals surface area contributed by atoms with Crippen LogP contribution in [0.25, 0.3) is 0 Å². The van der Waals surface area contributed by atoms with E-state index in [-0.39, 0.29) is 24.5 Å². The molecule has 0 spiro atoms. The Morgan fingerprint density at radius 2 is 2.03 bits per heavy atom. The van der Waals surface area contributed by atoms with Crippen molar-refractivity contribution in [2.24, 2.45) is 0 Å². The highest BCUT2D eigenvalue weighted by atomic mass is 32.1. The van der Waals surface area contributed by atoms with Gasteiger partial charge in [0, 0.05) is 6.54 Å². The molecule has 0 aliphatic carbocycles. The Hall–Kier alpha value is -2.58. The second kappa shape index (κ2) is 9.76. The first-order valence-corrected chi connectivity index (χ1v) is 10.5. The van der Waals surface area contributed by atoms with Crippen LogP contribution in [0.2, 0.25) is 0 Å². The van der Waals surface area contributed by atoms with Gasteiger partial charge in [0.15, 0.2) is 11.5 Å². The maximum absolute atomic E-state index is 12.5. The van der Waals surface area contributed by atoms with Gasteiger partial charge < -0.3 is 19.5 Å². The van der Waals surface area contributed by atoms with Gasteiger partial charge in [0.1, 0.15) is 17.6 Å². The first-order chi connectivity index (χ1) is 14.0. The number of aryl methyl sites for hydroxylation is 1. The average molecular weight is 419 g/mol. The van der Waals surface area contributed by atoms with E-state index in [4.69, 9.17) is 14.2 Å². The van der Waals surface area contributed by atoms with Crippen LogP contribution in [0.15, 0.2) is 30.3 Å². The minimum Gasteiger partial charge on any atom is -0.486 e. The number of thiophene rings is 1. The van der Waals surface area contributed by atoms with Gasteiger partial charge in [-0.15, -0.1) is 11.3 Å². The molecule has 0 unspecified atom stereocenters. The molecule has 1 amide bonds. The SMILES string of the molecule is CCOC(=O)c1sc(NC(=O)CN(CC)C[C@@H]2COc3ccccc3O2)cc1C. The van der Waals surface area contributed by atoms with E-state index in [2.05, 4.69) is 5.32 Å². The monoisotopic (exact) mass is 418 g/mol. The molecule has 1 aliphatic heterocycles. The van der Waals surface area contributed by atoms with E-state index in [9.17, 15) is 9.59 Å². The normalized spacial score (nSPS) is 15.2. The van der Waals surface area contributed by atoms with Crippen LogP contribution >= 0.6 is 11.3 Å². The van der Waals surface area contributed by atoms with Crippen molar-refractivity contribution in [3.63, 3.8) is 0 Å². The van der Waals surface area contributed by atoms with Crippen LogP contribution < -0.4 is 14.8 Å². The lowest BCUT2D eigenvalue weighted by Gasteiger charge is -2.30. The molecule has 2 heterocycles. The molecule has 1 N–H and O–H groups in total. The summed E-state index contributed by atoms with van der Waals surface area (Å²) in [6, 6.07) is 9.36. The number of rotatable bonds is 8. The highest BCUT2D eigenvalue weighted by molar-refractivity contribution is 7.18. The topological polar surface area (TPSA) is 77.1 Å². The molecule has 0 bridgehead atoms. The molecule has 0 fully saturated rings. The Kier molecular flexibility index (Phi) is 7.11. The van der Waals surface area contributed by atoms with Crippen LogP contribution in [0, 0.1) is 6.92 Å². The number of fused-ring (bicyclic) bond motifs is 1. The van der Waals surface area contributed by atoms with Crippen molar-refractivity contribution >= 4 is 28.2 Å². The largest absolute Gasteiger partial charge is 0.486 e. The third-order valence-electron chi connectivity index (χ3n) is 4.49. The molecule has 7 nitrogen and oxygen atoms in total. The van der Waals surface area contributed by atoms with E-state index in [1.165, 1.54) is 11.3 Å². The average Bonchev–Trinajstić information content (AvgIpc) is 3.07. The molecule has 3 rings (SSSR count). The Morgan fingerprint density at radius 1 is 1.28 bits per heavy atom. The van der Waals surface area contributed by atoms with Crippen LogP contribution in [0.5, 0.6) is 11.5 Å². The molecule has 2 aromatic rings. The van der Waals surface area contributed by atoms with Crippen LogP contribution in [-0.2, 0) is 9.53 Å². The molecule has 29 heavy (non-hydrogen) atoms. The zero-order valence-electron chi connectivity index (χ0n) is 16.9. The van der Waals surface area contributed by atoms with Gasteiger partial charge in [-0.25, -0.2) is 4.79 Å². The van der Waals surface area contributed by atoms with Gasteiger partial charge in [-0.2, -0.15) is 0 Å². The van der Waals surface area contributed by atoms with E-state index in [0.29, 0.717) is 36.2 Å². The first kappa shape index (κ1) is 21.1. The van der Waals surface area contributed by atoms with Gasteiger partial charge in [-0.1, -0.05) is 19.1 Å². The second-order valence-corrected chi connectivity index (χ2v) is 7.77. The van der Waals surface area contributed by atoms with Crippen molar-refractivity contribution < 1.29 is 23.8 Å². The quantitative estimate of drug-likeness (QED) is 0.663. The first-order valence-electron chi connectivity index (χ1n) is 9.68. The number of nitrogens with one attached hydrogen (secondary N) is 1. The van der Waals surface area contributed by atoms with E-state index >= 15 is 0 Å². The number of likely N-dealkylation sites (N-methyl/N-ethyl adjacent to an activating group) is 1. The number of hydrogen-bond acceptors (Lipinski definition) is 7. The van der Waals surface area contributed by atoms with Crippen molar-refractivity contribution in [3.05, 3.63) is 40.8 Å². The molecule has 0 saturated carbocycles. The molecule has 156 valence electrons. The fourth-order valence-electron chi connectivity index (χ4n) is 3.07. The number of carbonyl (C=O) groups excluding carboxylic acids is 2. The van der Waals surface area contributed by atoms with Gasteiger partial charge in [0.2, 0.25) is 5.91 Å². The summed E-state index contributed by atoms with van der Waals surface area (Å²) in [6.45, 7) is 7.87. The standard InChI is InChI=1S/C21H26N2O5S/c1-4-23(11-15-13-27-16-8-6-7-9-17(16)28-15)12-18(24)22-19-10-14(3)20(29-19)21(25)26-5-2/h6-10,15H,4-5,11-13H2,1-3H3,(H,22,24)/t15-/m1/s1. The Morgan fingerprint density at radius 3 is 2.76 bits per heavy atom. The van der Waals surface area contributed by atoms with Crippen molar-refractivity contribution in [1.29, 1.82) is 0 Å². The lowest BCUT2D eigenvalue weighted by atomic mass is 10.2. The van der Waals surface area contributed by atoms with Gasteiger partial charge in [-0.05, 0) is 44.2 Å². The predicted molar refractivity (Wildman–Crippen MR) is 112 cm³/mol. The van der Waals surface area contributed by atoms with Crippen LogP contribution in [0.1, 0.15) is 29.1 Å². The number of para-hydroxylation sites is 2. The van der Waals surface area contributed by atoms with Gasteiger partial charge >= 0.3 is 5.97 Å². The summed E-state index contributed by atoms with van der Waals surface area (Å²) in [5.41, 5.74) is 0.794. The molecule has 8 heteroatoms. The zero-order valence-corrected chi connectivity index (χ0v) is 17.7. The minimum absolute atomic E-state index is 0.138. The molecule has 1 aliphatic rings. The number of hydrogen-bond donors (Lipinski definition) is 1. The number of anilines is 1. The highest BCUT2D eigenvalue weighted by Gasteiger charge is 2.24. The Bertz CT molecular complexity index is 867. The number of ether oxygens (including phenoxy) is 3. The summed E-state index contributed by atoms with van der Waals surface area (Å²) in [4.78, 5) is 27.0. The summed E-state index contributed by atoms with van der Waals surface area (Å²) >= 11 is 1.23. The van der Waals surface area contributed by atoms with Gasteiger partial charge in [0.25, 0.3) is 0 Å². The van der Waals surface area contributed by atoms with Crippen molar-refractivity contribution in [3.8, 4) is 11.5 Å². The fourth-order valence-corrected chi connectivity index (χ4v) is 4.05. The maximum Gasteiger partial charge on any atom is 0.348 e. The smallest absolute Gasteiger partial charge is 0.348 e. The number of carbonyl (C=O) groups is 2. The molecule has 1 aromatic heterocycles. The second-order valence-electron chi connectivity index (χ2n) is 6.72. The van der Waals surface area contributed by atoms with Crippen LogP contribution in [0.3, 0.4) is 0 Å². The minimum atomic E-state index is -0.361. The fraction of sp³-hybridized carbons (Fsp3) is 0.429. The number of esters is 1. The van der Waals surface area contributed by atoms with E-state index in [1.807, 2.05) is 43.0 Å². The van der Waals surface area contributed by atoms with E-state index in [1.54, 1.807) is 13.0 Å². The highest BCUT2D eigenvalue weighted by Crippen LogP contribution is 2.31. The zero-order chi connectivity index (χ0) is 20.8. The third-order valence-corrected chi connectivity index (χ3v) is 5.62. The lowest BCUT2D eigenvalue weighted by Crippen LogP contribution is -2.43. The molecular formula is C21H26N2O5S. The lowest BCUT2D eigenvalue weighted by molar-refractivity contribution is -0.117. The predicted octanol–water partition coefficient (Wildman–Crippen LogP) is 3.33. The van der Waals surface area contributed by atoms with Gasteiger partial charge in [0.05, 0.1) is 18.2 Å². The van der Waals surface area contributed by atoms with Gasteiger partial charge in [-0.3, -0.25) is 9.69 Å². The Labute approximate surface area is 174 Å². The van der Waals surface area contributed by atoms with Crippen molar-refractivity contribution in [2.45, 2.75) is 26.9 Å². The van der Waals surface area contributed by atoms with E-state index < -0.39 is 0 Å². The summed E-state index contributed by atoms with van der Waals surface area (Å²) in [6.07, 6.45) is -0.142. The molecule has 0 radical (unpaired) electrons. The molecule has 1 atom stereocenters. The summed E-state index contributed by atoms with van der Waals surface area (Å²) in [5, 5.41) is 3.51. The van der Waals surface area contributed by atoms with Crippen LogP contribution in [-0.4, -0.2) is 55.7 Å². The number of amides is 1. The maximum atomic E-state index is 12.5. The Balaban J connectivity index is 1.54. The van der Waals surface area contributed by atoms with Crippen molar-refractivity contribution in [1.82, 2.24) is 4.90 Å². The number of benzene rings is 1. The summed E-state index contributed by atoms with van der Waals surface area (Å²) in [5.74, 6) is 0.973. The number of nitrogens with zero attached hydrogens (tertiary/aromatic N) is 1. The third kappa shape index (κ3) is 5.48. The van der Waals surface area contributed by atoms with Crippen molar-refractivity contribution in [2.75, 3.05) is 38.2 Å². The molecule has 0 saturated heterocycles. The molecular weight excluding hydrogens is 392 g/mol. The van der Waals surface area contributed by atoms with Crippen LogP contribution in [0.4, 0.5) is 5.00 Å². The molecule has 1 aromatic carbocycles. The van der Waals surface area contributed by atoms with E-state index in [0.717, 1.165) is 17.1 Å².